The van der Waals surface area contributed by atoms with Crippen molar-refractivity contribution in [1.29, 1.82) is 0 Å². The van der Waals surface area contributed by atoms with Gasteiger partial charge in [0.15, 0.2) is 5.96 Å². The second kappa shape index (κ2) is 8.88. The lowest BCUT2D eigenvalue weighted by Crippen LogP contribution is -2.50. The Bertz CT molecular complexity index is 749. The van der Waals surface area contributed by atoms with E-state index in [1.165, 1.54) is 12.1 Å². The molecule has 0 bridgehead atoms. The van der Waals surface area contributed by atoms with E-state index in [2.05, 4.69) is 31.7 Å². The SMILES string of the molecule is CN=C(NCC(C)Oc1cccc(F)c1)N1CCC(C)C(n2ccnc2)C1. The number of rotatable bonds is 5. The Morgan fingerprint density at radius 2 is 2.33 bits per heavy atom. The Morgan fingerprint density at radius 1 is 1.48 bits per heavy atom. The predicted molar refractivity (Wildman–Crippen MR) is 104 cm³/mol. The summed E-state index contributed by atoms with van der Waals surface area (Å²) in [5.41, 5.74) is 0. The van der Waals surface area contributed by atoms with Crippen LogP contribution in [-0.4, -0.2) is 53.2 Å². The smallest absolute Gasteiger partial charge is 0.193 e. The number of imidazole rings is 1. The van der Waals surface area contributed by atoms with Gasteiger partial charge in [0.25, 0.3) is 0 Å². The van der Waals surface area contributed by atoms with Crippen molar-refractivity contribution in [3.8, 4) is 5.75 Å². The number of guanidine groups is 1. The van der Waals surface area contributed by atoms with E-state index in [1.807, 2.05) is 25.6 Å². The van der Waals surface area contributed by atoms with Crippen LogP contribution in [0.2, 0.25) is 0 Å². The number of hydrogen-bond donors (Lipinski definition) is 1. The van der Waals surface area contributed by atoms with Crippen LogP contribution in [0.15, 0.2) is 48.0 Å². The lowest BCUT2D eigenvalue weighted by atomic mass is 9.93. The monoisotopic (exact) mass is 373 g/mol. The Kier molecular flexibility index (Phi) is 6.32. The maximum absolute atomic E-state index is 13.3. The standard InChI is InChI=1S/C20H28FN5O/c1-15-7-9-25(13-19(15)26-10-8-23-14-26)20(22-3)24-12-16(2)27-18-6-4-5-17(21)11-18/h4-6,8,10-11,14-16,19H,7,9,12-13H2,1-3H3,(H,22,24). The Morgan fingerprint density at radius 3 is 3.04 bits per heavy atom. The highest BCUT2D eigenvalue weighted by Crippen LogP contribution is 2.27. The molecule has 6 nitrogen and oxygen atoms in total. The first kappa shape index (κ1) is 19.2. The molecule has 27 heavy (non-hydrogen) atoms. The van der Waals surface area contributed by atoms with E-state index in [0.717, 1.165) is 25.5 Å². The quantitative estimate of drug-likeness (QED) is 0.647. The van der Waals surface area contributed by atoms with Crippen LogP contribution in [0.4, 0.5) is 4.39 Å². The van der Waals surface area contributed by atoms with E-state index in [4.69, 9.17) is 4.74 Å². The minimum Gasteiger partial charge on any atom is -0.489 e. The third-order valence-electron chi connectivity index (χ3n) is 5.02. The minimum atomic E-state index is -0.295. The molecule has 1 aromatic heterocycles. The van der Waals surface area contributed by atoms with Crippen molar-refractivity contribution in [3.05, 3.63) is 48.8 Å². The highest BCUT2D eigenvalue weighted by molar-refractivity contribution is 5.80. The molecule has 3 atom stereocenters. The third kappa shape index (κ3) is 4.99. The molecule has 0 aliphatic carbocycles. The largest absolute Gasteiger partial charge is 0.489 e. The highest BCUT2D eigenvalue weighted by atomic mass is 19.1. The van der Waals surface area contributed by atoms with E-state index < -0.39 is 0 Å². The fraction of sp³-hybridized carbons (Fsp3) is 0.500. The number of benzene rings is 1. The van der Waals surface area contributed by atoms with E-state index in [1.54, 1.807) is 19.2 Å². The number of aromatic nitrogens is 2. The molecular weight excluding hydrogens is 345 g/mol. The van der Waals surface area contributed by atoms with E-state index >= 15 is 0 Å². The van der Waals surface area contributed by atoms with Crippen molar-refractivity contribution in [2.45, 2.75) is 32.4 Å². The summed E-state index contributed by atoms with van der Waals surface area (Å²) >= 11 is 0. The van der Waals surface area contributed by atoms with Crippen LogP contribution >= 0.6 is 0 Å². The molecule has 146 valence electrons. The fourth-order valence-electron chi connectivity index (χ4n) is 3.48. The van der Waals surface area contributed by atoms with Gasteiger partial charge in [0.05, 0.1) is 18.9 Å². The maximum atomic E-state index is 13.3. The molecule has 0 saturated carbocycles. The van der Waals surface area contributed by atoms with Crippen molar-refractivity contribution < 1.29 is 9.13 Å². The first-order valence-corrected chi connectivity index (χ1v) is 9.42. The van der Waals surface area contributed by atoms with Crippen LogP contribution in [0.5, 0.6) is 5.75 Å². The number of aliphatic imine (C=N–C) groups is 1. The highest BCUT2D eigenvalue weighted by Gasteiger charge is 2.29. The fourth-order valence-corrected chi connectivity index (χ4v) is 3.48. The number of ether oxygens (including phenoxy) is 1. The molecule has 1 aromatic carbocycles. The lowest BCUT2D eigenvalue weighted by molar-refractivity contribution is 0.184. The number of likely N-dealkylation sites (tertiary alicyclic amines) is 1. The summed E-state index contributed by atoms with van der Waals surface area (Å²) in [5, 5.41) is 3.39. The van der Waals surface area contributed by atoms with Crippen LogP contribution in [-0.2, 0) is 0 Å². The molecule has 1 aliphatic rings. The normalized spacial score (nSPS) is 21.8. The van der Waals surface area contributed by atoms with Crippen LogP contribution in [0, 0.1) is 11.7 Å². The minimum absolute atomic E-state index is 0.114. The number of nitrogens with zero attached hydrogens (tertiary/aromatic N) is 4. The second-order valence-corrected chi connectivity index (χ2v) is 7.10. The molecule has 1 saturated heterocycles. The average molecular weight is 373 g/mol. The molecule has 3 unspecified atom stereocenters. The summed E-state index contributed by atoms with van der Waals surface area (Å²) < 4.78 is 21.3. The van der Waals surface area contributed by atoms with Crippen LogP contribution in [0.3, 0.4) is 0 Å². The van der Waals surface area contributed by atoms with Gasteiger partial charge < -0.3 is 19.5 Å². The molecule has 3 rings (SSSR count). The van der Waals surface area contributed by atoms with Crippen molar-refractivity contribution in [2.24, 2.45) is 10.9 Å². The molecular formula is C20H28FN5O. The zero-order chi connectivity index (χ0) is 19.2. The van der Waals surface area contributed by atoms with E-state index in [-0.39, 0.29) is 11.9 Å². The van der Waals surface area contributed by atoms with Crippen molar-refractivity contribution in [2.75, 3.05) is 26.7 Å². The number of hydrogen-bond acceptors (Lipinski definition) is 3. The molecule has 0 spiro atoms. The van der Waals surface area contributed by atoms with Gasteiger partial charge in [-0.1, -0.05) is 13.0 Å². The summed E-state index contributed by atoms with van der Waals surface area (Å²) in [6, 6.07) is 6.59. The van der Waals surface area contributed by atoms with Gasteiger partial charge >= 0.3 is 0 Å². The molecule has 2 aromatic rings. The topological polar surface area (TPSA) is 54.7 Å². The second-order valence-electron chi connectivity index (χ2n) is 7.10. The zero-order valence-corrected chi connectivity index (χ0v) is 16.2. The first-order valence-electron chi connectivity index (χ1n) is 9.42. The van der Waals surface area contributed by atoms with Crippen molar-refractivity contribution >= 4 is 5.96 Å². The van der Waals surface area contributed by atoms with Crippen LogP contribution < -0.4 is 10.1 Å². The van der Waals surface area contributed by atoms with Gasteiger partial charge in [-0.25, -0.2) is 9.37 Å². The average Bonchev–Trinajstić information content (AvgIpc) is 3.18. The van der Waals surface area contributed by atoms with E-state index in [9.17, 15) is 4.39 Å². The van der Waals surface area contributed by atoms with Gasteiger partial charge in [0.1, 0.15) is 17.7 Å². The lowest BCUT2D eigenvalue weighted by Gasteiger charge is -2.39. The molecule has 7 heteroatoms. The zero-order valence-electron chi connectivity index (χ0n) is 16.2. The van der Waals surface area contributed by atoms with Gasteiger partial charge in [0, 0.05) is 38.6 Å². The number of piperidine rings is 1. The predicted octanol–water partition coefficient (Wildman–Crippen LogP) is 2.95. The van der Waals surface area contributed by atoms with Gasteiger partial charge in [-0.2, -0.15) is 0 Å². The summed E-state index contributed by atoms with van der Waals surface area (Å²) in [6.45, 7) is 6.68. The van der Waals surface area contributed by atoms with Crippen molar-refractivity contribution in [3.63, 3.8) is 0 Å². The molecule has 0 radical (unpaired) electrons. The van der Waals surface area contributed by atoms with E-state index in [0.29, 0.717) is 24.3 Å². The molecule has 1 N–H and O–H groups in total. The number of halogens is 1. The molecule has 0 amide bonds. The van der Waals surface area contributed by atoms with Gasteiger partial charge in [0.2, 0.25) is 0 Å². The third-order valence-corrected chi connectivity index (χ3v) is 5.02. The van der Waals surface area contributed by atoms with Gasteiger partial charge in [-0.15, -0.1) is 0 Å². The first-order chi connectivity index (χ1) is 13.1. The molecule has 2 heterocycles. The molecule has 1 aliphatic heterocycles. The Hall–Kier alpha value is -2.57. The van der Waals surface area contributed by atoms with Crippen LogP contribution in [0.25, 0.3) is 0 Å². The van der Waals surface area contributed by atoms with Gasteiger partial charge in [-0.3, -0.25) is 4.99 Å². The summed E-state index contributed by atoms with van der Waals surface area (Å²) in [4.78, 5) is 10.9. The number of nitrogens with one attached hydrogen (secondary N) is 1. The maximum Gasteiger partial charge on any atom is 0.193 e. The molecule has 1 fully saturated rings. The Balaban J connectivity index is 1.55. The van der Waals surface area contributed by atoms with Crippen LogP contribution in [0.1, 0.15) is 26.3 Å². The summed E-state index contributed by atoms with van der Waals surface area (Å²) in [5.74, 6) is 1.69. The summed E-state index contributed by atoms with van der Waals surface area (Å²) in [6.07, 6.45) is 6.71. The Labute approximate surface area is 160 Å². The summed E-state index contributed by atoms with van der Waals surface area (Å²) in [7, 11) is 1.80. The van der Waals surface area contributed by atoms with Gasteiger partial charge in [-0.05, 0) is 31.4 Å². The van der Waals surface area contributed by atoms with Crippen molar-refractivity contribution in [1.82, 2.24) is 19.8 Å².